The quantitative estimate of drug-likeness (QED) is 0.795. The fraction of sp³-hybridized carbons (Fsp3) is 0.312. The van der Waals surface area contributed by atoms with Crippen molar-refractivity contribution in [2.75, 3.05) is 7.11 Å². The number of pyridine rings is 1. The van der Waals surface area contributed by atoms with E-state index in [4.69, 9.17) is 9.47 Å². The lowest BCUT2D eigenvalue weighted by Crippen LogP contribution is -2.12. The van der Waals surface area contributed by atoms with Crippen LogP contribution in [-0.4, -0.2) is 12.1 Å². The molecule has 0 bridgehead atoms. The Labute approximate surface area is 128 Å². The molecular formula is C16H18BrNO2. The van der Waals surface area contributed by atoms with Gasteiger partial charge in [0.25, 0.3) is 0 Å². The molecule has 0 fully saturated rings. The molecule has 0 aliphatic rings. The summed E-state index contributed by atoms with van der Waals surface area (Å²) in [5.41, 5.74) is 1.06. The summed E-state index contributed by atoms with van der Waals surface area (Å²) >= 11 is 3.44. The number of ether oxygens (including phenoxy) is 2. The summed E-state index contributed by atoms with van der Waals surface area (Å²) in [7, 11) is 1.67. The normalized spacial score (nSPS) is 11.2. The second-order valence-corrected chi connectivity index (χ2v) is 6.37. The Balaban J connectivity index is 2.44. The van der Waals surface area contributed by atoms with Crippen molar-refractivity contribution >= 4 is 15.9 Å². The number of nitrogens with zero attached hydrogens (tertiary/aromatic N) is 1. The molecular weight excluding hydrogens is 318 g/mol. The first kappa shape index (κ1) is 14.9. The Bertz CT molecular complexity index is 606. The Morgan fingerprint density at radius 3 is 2.45 bits per heavy atom. The van der Waals surface area contributed by atoms with Crippen molar-refractivity contribution in [1.82, 2.24) is 4.98 Å². The zero-order valence-corrected chi connectivity index (χ0v) is 13.7. The molecule has 1 aromatic heterocycles. The first-order valence-corrected chi connectivity index (χ1v) is 7.17. The number of hydrogen-bond acceptors (Lipinski definition) is 3. The van der Waals surface area contributed by atoms with Gasteiger partial charge >= 0.3 is 0 Å². The fourth-order valence-corrected chi connectivity index (χ4v) is 2.21. The fourth-order valence-electron chi connectivity index (χ4n) is 1.87. The summed E-state index contributed by atoms with van der Waals surface area (Å²) in [5.74, 6) is 2.40. The predicted octanol–water partition coefficient (Wildman–Crippen LogP) is 4.94. The molecule has 106 valence electrons. The third kappa shape index (κ3) is 3.31. The van der Waals surface area contributed by atoms with Crippen LogP contribution in [0.3, 0.4) is 0 Å². The average Bonchev–Trinajstić information content (AvgIpc) is 2.40. The molecule has 4 heteroatoms. The monoisotopic (exact) mass is 335 g/mol. The molecule has 0 spiro atoms. The van der Waals surface area contributed by atoms with Gasteiger partial charge in [-0.25, -0.2) is 0 Å². The third-order valence-electron chi connectivity index (χ3n) is 2.95. The number of rotatable bonds is 3. The molecule has 0 saturated carbocycles. The standard InChI is InChI=1S/C16H18BrNO2/c1-16(2,3)12-9-11(19-4)5-6-14(12)20-15-7-8-18-10-13(15)17/h5-10H,1-4H3. The predicted molar refractivity (Wildman–Crippen MR) is 83.7 cm³/mol. The highest BCUT2D eigenvalue weighted by Gasteiger charge is 2.20. The van der Waals surface area contributed by atoms with Crippen molar-refractivity contribution in [3.8, 4) is 17.2 Å². The number of methoxy groups -OCH3 is 1. The van der Waals surface area contributed by atoms with Crippen LogP contribution in [0.4, 0.5) is 0 Å². The lowest BCUT2D eigenvalue weighted by molar-refractivity contribution is 0.407. The highest BCUT2D eigenvalue weighted by Crippen LogP contribution is 2.38. The van der Waals surface area contributed by atoms with Gasteiger partial charge in [0.2, 0.25) is 0 Å². The van der Waals surface area contributed by atoms with E-state index in [0.717, 1.165) is 27.3 Å². The Kier molecular flexibility index (Phi) is 4.33. The van der Waals surface area contributed by atoms with Crippen molar-refractivity contribution in [3.05, 3.63) is 46.7 Å². The largest absolute Gasteiger partial charge is 0.497 e. The van der Waals surface area contributed by atoms with Gasteiger partial charge < -0.3 is 9.47 Å². The van der Waals surface area contributed by atoms with E-state index in [9.17, 15) is 0 Å². The van der Waals surface area contributed by atoms with Crippen molar-refractivity contribution in [1.29, 1.82) is 0 Å². The highest BCUT2D eigenvalue weighted by molar-refractivity contribution is 9.10. The van der Waals surface area contributed by atoms with E-state index in [0.29, 0.717) is 0 Å². The molecule has 0 aliphatic heterocycles. The summed E-state index contributed by atoms with van der Waals surface area (Å²) < 4.78 is 12.2. The number of benzene rings is 1. The maximum absolute atomic E-state index is 6.02. The van der Waals surface area contributed by atoms with Crippen molar-refractivity contribution < 1.29 is 9.47 Å². The van der Waals surface area contributed by atoms with E-state index in [1.807, 2.05) is 24.3 Å². The maximum atomic E-state index is 6.02. The van der Waals surface area contributed by atoms with Crippen LogP contribution < -0.4 is 9.47 Å². The molecule has 0 unspecified atom stereocenters. The minimum Gasteiger partial charge on any atom is -0.497 e. The van der Waals surface area contributed by atoms with Gasteiger partial charge in [-0.2, -0.15) is 0 Å². The summed E-state index contributed by atoms with van der Waals surface area (Å²) in [5, 5.41) is 0. The second kappa shape index (κ2) is 5.83. The van der Waals surface area contributed by atoms with Crippen LogP contribution in [0.25, 0.3) is 0 Å². The van der Waals surface area contributed by atoms with Crippen molar-refractivity contribution in [3.63, 3.8) is 0 Å². The smallest absolute Gasteiger partial charge is 0.144 e. The lowest BCUT2D eigenvalue weighted by Gasteiger charge is -2.23. The lowest BCUT2D eigenvalue weighted by atomic mass is 9.86. The SMILES string of the molecule is COc1ccc(Oc2ccncc2Br)c(C(C)(C)C)c1. The third-order valence-corrected chi connectivity index (χ3v) is 3.55. The summed E-state index contributed by atoms with van der Waals surface area (Å²) in [4.78, 5) is 4.04. The van der Waals surface area contributed by atoms with E-state index < -0.39 is 0 Å². The molecule has 2 aromatic rings. The Hall–Kier alpha value is -1.55. The molecule has 0 radical (unpaired) electrons. The van der Waals surface area contributed by atoms with E-state index in [-0.39, 0.29) is 5.41 Å². The zero-order valence-electron chi connectivity index (χ0n) is 12.1. The first-order chi connectivity index (χ1) is 9.41. The molecule has 20 heavy (non-hydrogen) atoms. The molecule has 0 saturated heterocycles. The summed E-state index contributed by atoms with van der Waals surface area (Å²) in [6, 6.07) is 7.69. The van der Waals surface area contributed by atoms with Gasteiger partial charge in [0, 0.05) is 24.0 Å². The molecule has 0 aliphatic carbocycles. The van der Waals surface area contributed by atoms with Crippen LogP contribution in [0.2, 0.25) is 0 Å². The van der Waals surface area contributed by atoms with Gasteiger partial charge in [0.15, 0.2) is 0 Å². The molecule has 1 aromatic carbocycles. The van der Waals surface area contributed by atoms with Crippen LogP contribution in [-0.2, 0) is 5.41 Å². The molecule has 0 amide bonds. The minimum atomic E-state index is -0.0383. The minimum absolute atomic E-state index is 0.0383. The topological polar surface area (TPSA) is 31.4 Å². The first-order valence-electron chi connectivity index (χ1n) is 6.37. The molecule has 1 heterocycles. The van der Waals surface area contributed by atoms with E-state index >= 15 is 0 Å². The Morgan fingerprint density at radius 2 is 1.85 bits per heavy atom. The summed E-state index contributed by atoms with van der Waals surface area (Å²) in [6.45, 7) is 6.45. The molecule has 2 rings (SSSR count). The van der Waals surface area contributed by atoms with Crippen molar-refractivity contribution in [2.24, 2.45) is 0 Å². The molecule has 0 N–H and O–H groups in total. The zero-order chi connectivity index (χ0) is 14.8. The van der Waals surface area contributed by atoms with Gasteiger partial charge in [-0.05, 0) is 39.5 Å². The summed E-state index contributed by atoms with van der Waals surface area (Å²) in [6.07, 6.45) is 3.43. The Morgan fingerprint density at radius 1 is 1.10 bits per heavy atom. The molecule has 3 nitrogen and oxygen atoms in total. The van der Waals surface area contributed by atoms with E-state index in [1.165, 1.54) is 0 Å². The highest BCUT2D eigenvalue weighted by atomic mass is 79.9. The van der Waals surface area contributed by atoms with Gasteiger partial charge in [-0.1, -0.05) is 20.8 Å². The van der Waals surface area contributed by atoms with Gasteiger partial charge in [0.1, 0.15) is 17.2 Å². The van der Waals surface area contributed by atoms with Crippen LogP contribution in [0, 0.1) is 0 Å². The van der Waals surface area contributed by atoms with Gasteiger partial charge in [-0.3, -0.25) is 4.98 Å². The van der Waals surface area contributed by atoms with Gasteiger partial charge in [-0.15, -0.1) is 0 Å². The van der Waals surface area contributed by atoms with Crippen LogP contribution >= 0.6 is 15.9 Å². The van der Waals surface area contributed by atoms with Crippen molar-refractivity contribution in [2.45, 2.75) is 26.2 Å². The van der Waals surface area contributed by atoms with Crippen LogP contribution in [0.5, 0.6) is 17.2 Å². The number of hydrogen-bond donors (Lipinski definition) is 0. The second-order valence-electron chi connectivity index (χ2n) is 5.52. The number of aromatic nitrogens is 1. The molecule has 0 atom stereocenters. The van der Waals surface area contributed by atoms with Crippen LogP contribution in [0.15, 0.2) is 41.1 Å². The van der Waals surface area contributed by atoms with E-state index in [2.05, 4.69) is 41.7 Å². The maximum Gasteiger partial charge on any atom is 0.144 e. The average molecular weight is 336 g/mol. The van der Waals surface area contributed by atoms with Crippen LogP contribution in [0.1, 0.15) is 26.3 Å². The number of halogens is 1. The van der Waals surface area contributed by atoms with Gasteiger partial charge in [0.05, 0.1) is 11.6 Å². The van der Waals surface area contributed by atoms with E-state index in [1.54, 1.807) is 19.5 Å².